The van der Waals surface area contributed by atoms with Crippen molar-refractivity contribution in [2.75, 3.05) is 19.8 Å². The molecule has 1 rings (SSSR count). The van der Waals surface area contributed by atoms with Crippen molar-refractivity contribution >= 4 is 0 Å². The van der Waals surface area contributed by atoms with Gasteiger partial charge in [0.15, 0.2) is 17.4 Å². The van der Waals surface area contributed by atoms with Gasteiger partial charge in [0, 0.05) is 13.2 Å². The van der Waals surface area contributed by atoms with Crippen LogP contribution >= 0.6 is 0 Å². The second-order valence-corrected chi connectivity index (χ2v) is 4.74. The Morgan fingerprint density at radius 1 is 1.11 bits per heavy atom. The van der Waals surface area contributed by atoms with Crippen LogP contribution in [-0.4, -0.2) is 19.8 Å². The van der Waals surface area contributed by atoms with E-state index >= 15 is 0 Å². The average molecular weight is 273 g/mol. The molecule has 0 aromatic heterocycles. The maximum atomic E-state index is 13.5. The van der Waals surface area contributed by atoms with E-state index in [9.17, 15) is 8.78 Å². The summed E-state index contributed by atoms with van der Waals surface area (Å²) in [5.74, 6) is -1.27. The maximum absolute atomic E-state index is 13.5. The van der Waals surface area contributed by atoms with Crippen molar-refractivity contribution in [3.63, 3.8) is 0 Å². The standard InChI is InChI=1S/C14H21F2NO2/c1-10(2)3-4-18-5-6-19-14-12(15)7-11(9-17)8-13(14)16/h7-8,10H,3-6,9,17H2,1-2H3. The molecule has 1 aromatic rings. The highest BCUT2D eigenvalue weighted by Crippen LogP contribution is 2.23. The van der Waals surface area contributed by atoms with E-state index in [0.29, 0.717) is 24.7 Å². The summed E-state index contributed by atoms with van der Waals surface area (Å²) in [6.07, 6.45) is 0.952. The van der Waals surface area contributed by atoms with Crippen LogP contribution in [0.15, 0.2) is 12.1 Å². The fourth-order valence-corrected chi connectivity index (χ4v) is 1.49. The van der Waals surface area contributed by atoms with Gasteiger partial charge in [-0.1, -0.05) is 13.8 Å². The summed E-state index contributed by atoms with van der Waals surface area (Å²) in [5, 5.41) is 0. The zero-order chi connectivity index (χ0) is 14.3. The number of hydrogen-bond donors (Lipinski definition) is 1. The summed E-state index contributed by atoms with van der Waals surface area (Å²) in [6, 6.07) is 2.36. The molecule has 0 aliphatic heterocycles. The third-order valence-electron chi connectivity index (χ3n) is 2.61. The summed E-state index contributed by atoms with van der Waals surface area (Å²) < 4.78 is 37.4. The zero-order valence-corrected chi connectivity index (χ0v) is 11.4. The highest BCUT2D eigenvalue weighted by Gasteiger charge is 2.12. The third-order valence-corrected chi connectivity index (χ3v) is 2.61. The average Bonchev–Trinajstić information content (AvgIpc) is 2.35. The number of halogens is 2. The molecule has 19 heavy (non-hydrogen) atoms. The largest absolute Gasteiger partial charge is 0.485 e. The van der Waals surface area contributed by atoms with Gasteiger partial charge in [-0.2, -0.15) is 0 Å². The SMILES string of the molecule is CC(C)CCOCCOc1c(F)cc(CN)cc1F. The Balaban J connectivity index is 2.37. The predicted octanol–water partition coefficient (Wildman–Crippen LogP) is 2.87. The van der Waals surface area contributed by atoms with Crippen molar-refractivity contribution in [2.45, 2.75) is 26.8 Å². The molecule has 2 N–H and O–H groups in total. The summed E-state index contributed by atoms with van der Waals surface area (Å²) in [6.45, 7) is 5.34. The van der Waals surface area contributed by atoms with Gasteiger partial charge in [-0.25, -0.2) is 8.78 Å². The molecule has 0 saturated heterocycles. The first-order valence-electron chi connectivity index (χ1n) is 6.43. The Bertz CT molecular complexity index is 374. The van der Waals surface area contributed by atoms with E-state index in [-0.39, 0.29) is 18.9 Å². The number of ether oxygens (including phenoxy) is 2. The highest BCUT2D eigenvalue weighted by atomic mass is 19.1. The number of nitrogens with two attached hydrogens (primary N) is 1. The molecular weight excluding hydrogens is 252 g/mol. The maximum Gasteiger partial charge on any atom is 0.190 e. The molecule has 108 valence electrons. The van der Waals surface area contributed by atoms with Crippen LogP contribution in [0.4, 0.5) is 8.78 Å². The van der Waals surface area contributed by atoms with Crippen LogP contribution in [0, 0.1) is 17.6 Å². The molecule has 1 aromatic carbocycles. The lowest BCUT2D eigenvalue weighted by Gasteiger charge is -2.10. The molecule has 0 atom stereocenters. The quantitative estimate of drug-likeness (QED) is 0.741. The van der Waals surface area contributed by atoms with Crippen molar-refractivity contribution in [2.24, 2.45) is 11.7 Å². The van der Waals surface area contributed by atoms with Gasteiger partial charge >= 0.3 is 0 Å². The molecule has 0 amide bonds. The molecule has 0 spiro atoms. The molecule has 0 bridgehead atoms. The Morgan fingerprint density at radius 3 is 2.26 bits per heavy atom. The van der Waals surface area contributed by atoms with E-state index in [4.69, 9.17) is 15.2 Å². The Hall–Kier alpha value is -1.20. The number of rotatable bonds is 8. The normalized spacial score (nSPS) is 11.1. The van der Waals surface area contributed by atoms with E-state index in [1.807, 2.05) is 0 Å². The van der Waals surface area contributed by atoms with Crippen LogP contribution < -0.4 is 10.5 Å². The minimum atomic E-state index is -0.734. The minimum Gasteiger partial charge on any atom is -0.485 e. The van der Waals surface area contributed by atoms with Crippen LogP contribution in [0.1, 0.15) is 25.8 Å². The summed E-state index contributed by atoms with van der Waals surface area (Å²) in [5.41, 5.74) is 5.72. The predicted molar refractivity (Wildman–Crippen MR) is 70.0 cm³/mol. The van der Waals surface area contributed by atoms with Gasteiger partial charge in [-0.3, -0.25) is 0 Å². The molecule has 0 aliphatic carbocycles. The monoisotopic (exact) mass is 273 g/mol. The molecule has 5 heteroatoms. The fraction of sp³-hybridized carbons (Fsp3) is 0.571. The molecule has 0 aliphatic rings. The summed E-state index contributed by atoms with van der Waals surface area (Å²) >= 11 is 0. The lowest BCUT2D eigenvalue weighted by atomic mass is 10.1. The van der Waals surface area contributed by atoms with E-state index < -0.39 is 11.6 Å². The topological polar surface area (TPSA) is 44.5 Å². The molecule has 0 fully saturated rings. The van der Waals surface area contributed by atoms with Gasteiger partial charge in [0.25, 0.3) is 0 Å². The van der Waals surface area contributed by atoms with Crippen molar-refractivity contribution in [1.29, 1.82) is 0 Å². The minimum absolute atomic E-state index is 0.0897. The molecule has 0 saturated carbocycles. The van der Waals surface area contributed by atoms with Crippen LogP contribution in [0.3, 0.4) is 0 Å². The molecular formula is C14H21F2NO2. The summed E-state index contributed by atoms with van der Waals surface area (Å²) in [7, 11) is 0. The lowest BCUT2D eigenvalue weighted by molar-refractivity contribution is 0.0899. The van der Waals surface area contributed by atoms with Crippen molar-refractivity contribution in [3.8, 4) is 5.75 Å². The van der Waals surface area contributed by atoms with Gasteiger partial charge in [-0.15, -0.1) is 0 Å². The van der Waals surface area contributed by atoms with Gasteiger partial charge in [-0.05, 0) is 30.0 Å². The Morgan fingerprint density at radius 2 is 1.74 bits per heavy atom. The third kappa shape index (κ3) is 5.53. The van der Waals surface area contributed by atoms with Crippen LogP contribution in [0.25, 0.3) is 0 Å². The van der Waals surface area contributed by atoms with E-state index in [0.717, 1.165) is 6.42 Å². The van der Waals surface area contributed by atoms with Crippen molar-refractivity contribution in [1.82, 2.24) is 0 Å². The van der Waals surface area contributed by atoms with Crippen LogP contribution in [-0.2, 0) is 11.3 Å². The molecule has 0 radical (unpaired) electrons. The second-order valence-electron chi connectivity index (χ2n) is 4.74. The first-order chi connectivity index (χ1) is 9.04. The van der Waals surface area contributed by atoms with Crippen LogP contribution in [0.5, 0.6) is 5.75 Å². The fourth-order valence-electron chi connectivity index (χ4n) is 1.49. The second kappa shape index (κ2) is 8.07. The Kier molecular flexibility index (Phi) is 6.73. The van der Waals surface area contributed by atoms with E-state index in [1.54, 1.807) is 0 Å². The van der Waals surface area contributed by atoms with E-state index in [2.05, 4.69) is 13.8 Å². The van der Waals surface area contributed by atoms with Gasteiger partial charge in [0.2, 0.25) is 0 Å². The van der Waals surface area contributed by atoms with Gasteiger partial charge < -0.3 is 15.2 Å². The molecule has 0 unspecified atom stereocenters. The molecule has 3 nitrogen and oxygen atoms in total. The van der Waals surface area contributed by atoms with E-state index in [1.165, 1.54) is 12.1 Å². The summed E-state index contributed by atoms with van der Waals surface area (Å²) in [4.78, 5) is 0. The first kappa shape index (κ1) is 15.9. The van der Waals surface area contributed by atoms with Crippen molar-refractivity contribution < 1.29 is 18.3 Å². The zero-order valence-electron chi connectivity index (χ0n) is 11.4. The number of benzene rings is 1. The first-order valence-corrected chi connectivity index (χ1v) is 6.43. The lowest BCUT2D eigenvalue weighted by Crippen LogP contribution is -2.10. The van der Waals surface area contributed by atoms with Crippen LogP contribution in [0.2, 0.25) is 0 Å². The highest BCUT2D eigenvalue weighted by molar-refractivity contribution is 5.31. The van der Waals surface area contributed by atoms with Gasteiger partial charge in [0.05, 0.1) is 6.61 Å². The Labute approximate surface area is 112 Å². The molecule has 0 heterocycles. The van der Waals surface area contributed by atoms with Crippen molar-refractivity contribution in [3.05, 3.63) is 29.3 Å². The smallest absolute Gasteiger partial charge is 0.190 e. The van der Waals surface area contributed by atoms with Gasteiger partial charge in [0.1, 0.15) is 6.61 Å². The number of hydrogen-bond acceptors (Lipinski definition) is 3.